The Morgan fingerprint density at radius 3 is 2.46 bits per heavy atom. The zero-order valence-electron chi connectivity index (χ0n) is 21.6. The van der Waals surface area contributed by atoms with E-state index in [-0.39, 0.29) is 29.9 Å². The van der Waals surface area contributed by atoms with E-state index in [4.69, 9.17) is 4.74 Å². The molecule has 2 rings (SSSR count). The number of esters is 1. The standard InChI is InChI=1S/C29H33FN2O5/c1-7-12-23(32(9-3)25(34)8-2)29(36)31-22(17-26(35)37-10-4)21-16-20(15-19(6)28(21)30)27-18(5)13-11-14-24(27)33/h7-9,11-16,22-23,33H,2-3,10,17H2,1,4-6H3,(H,31,36)/b12-7+/t22-,23?/m0/s1. The van der Waals surface area contributed by atoms with Crippen molar-refractivity contribution in [1.82, 2.24) is 10.2 Å². The molecule has 2 N–H and O–H groups in total. The number of hydrogen-bond acceptors (Lipinski definition) is 5. The summed E-state index contributed by atoms with van der Waals surface area (Å²) in [5.74, 6) is -2.46. The normalized spacial score (nSPS) is 12.5. The third-order valence-corrected chi connectivity index (χ3v) is 5.76. The molecular weight excluding hydrogens is 475 g/mol. The van der Waals surface area contributed by atoms with E-state index < -0.39 is 35.7 Å². The maximum absolute atomic E-state index is 15.5. The minimum absolute atomic E-state index is 0.0145. The molecule has 0 radical (unpaired) electrons. The van der Waals surface area contributed by atoms with Gasteiger partial charge in [-0.25, -0.2) is 4.39 Å². The van der Waals surface area contributed by atoms with Gasteiger partial charge in [-0.15, -0.1) is 0 Å². The first-order chi connectivity index (χ1) is 17.6. The Morgan fingerprint density at radius 2 is 1.89 bits per heavy atom. The average Bonchev–Trinajstić information content (AvgIpc) is 2.85. The average molecular weight is 509 g/mol. The summed E-state index contributed by atoms with van der Waals surface area (Å²) >= 11 is 0. The molecule has 0 aliphatic carbocycles. The summed E-state index contributed by atoms with van der Waals surface area (Å²) in [5.41, 5.74) is 2.10. The fraction of sp³-hybridized carbons (Fsp3) is 0.276. The van der Waals surface area contributed by atoms with Crippen LogP contribution in [0.25, 0.3) is 11.1 Å². The monoisotopic (exact) mass is 508 g/mol. The van der Waals surface area contributed by atoms with Crippen LogP contribution in [0.5, 0.6) is 5.75 Å². The highest BCUT2D eigenvalue weighted by molar-refractivity contribution is 5.94. The number of nitrogens with zero attached hydrogens (tertiary/aromatic N) is 1. The zero-order valence-corrected chi connectivity index (χ0v) is 21.6. The van der Waals surface area contributed by atoms with Gasteiger partial charge in [0.2, 0.25) is 5.91 Å². The summed E-state index contributed by atoms with van der Waals surface area (Å²) in [7, 11) is 0. The fourth-order valence-electron chi connectivity index (χ4n) is 4.04. The fourth-order valence-corrected chi connectivity index (χ4v) is 4.04. The highest BCUT2D eigenvalue weighted by atomic mass is 19.1. The highest BCUT2D eigenvalue weighted by Crippen LogP contribution is 2.36. The topological polar surface area (TPSA) is 95.9 Å². The van der Waals surface area contributed by atoms with E-state index in [1.54, 1.807) is 39.0 Å². The van der Waals surface area contributed by atoms with Crippen molar-refractivity contribution < 1.29 is 28.6 Å². The second kappa shape index (κ2) is 13.2. The smallest absolute Gasteiger partial charge is 0.308 e. The van der Waals surface area contributed by atoms with E-state index in [0.717, 1.165) is 16.5 Å². The third-order valence-electron chi connectivity index (χ3n) is 5.76. The molecule has 2 aromatic rings. The second-order valence-electron chi connectivity index (χ2n) is 8.34. The van der Waals surface area contributed by atoms with Crippen molar-refractivity contribution in [2.24, 2.45) is 0 Å². The van der Waals surface area contributed by atoms with Gasteiger partial charge in [0.15, 0.2) is 0 Å². The molecule has 2 aromatic carbocycles. The van der Waals surface area contributed by atoms with E-state index in [2.05, 4.69) is 18.5 Å². The van der Waals surface area contributed by atoms with E-state index in [1.165, 1.54) is 24.4 Å². The van der Waals surface area contributed by atoms with Crippen molar-refractivity contribution in [2.75, 3.05) is 6.61 Å². The summed E-state index contributed by atoms with van der Waals surface area (Å²) in [6.07, 6.45) is 4.95. The quantitative estimate of drug-likeness (QED) is 0.252. The van der Waals surface area contributed by atoms with Gasteiger partial charge in [0.05, 0.1) is 19.1 Å². The predicted molar refractivity (Wildman–Crippen MR) is 141 cm³/mol. The molecule has 0 heterocycles. The van der Waals surface area contributed by atoms with E-state index in [1.807, 2.05) is 13.0 Å². The SMILES string of the molecule is C=CC(=O)N(C=C)C(/C=C/C)C(=O)N[C@@H](CC(=O)OCC)c1cc(-c2c(C)cccc2O)cc(C)c1F. The van der Waals surface area contributed by atoms with Crippen LogP contribution in [0.2, 0.25) is 0 Å². The van der Waals surface area contributed by atoms with Gasteiger partial charge in [-0.2, -0.15) is 0 Å². The van der Waals surface area contributed by atoms with Crippen LogP contribution >= 0.6 is 0 Å². The number of nitrogens with one attached hydrogen (secondary N) is 1. The number of carbonyl (C=O) groups is 3. The van der Waals surface area contributed by atoms with Gasteiger partial charge in [-0.05, 0) is 68.7 Å². The second-order valence-corrected chi connectivity index (χ2v) is 8.34. The predicted octanol–water partition coefficient (Wildman–Crippen LogP) is 5.03. The number of aryl methyl sites for hydroxylation is 2. The highest BCUT2D eigenvalue weighted by Gasteiger charge is 2.30. The number of phenols is 1. The Balaban J connectivity index is 2.63. The molecule has 0 aliphatic rings. The lowest BCUT2D eigenvalue weighted by molar-refractivity contribution is -0.144. The molecule has 1 unspecified atom stereocenters. The van der Waals surface area contributed by atoms with Crippen LogP contribution in [0.15, 0.2) is 67.9 Å². The van der Waals surface area contributed by atoms with Gasteiger partial charge >= 0.3 is 5.97 Å². The number of allylic oxidation sites excluding steroid dienone is 1. The molecular formula is C29H33FN2O5. The van der Waals surface area contributed by atoms with Crippen LogP contribution in [0, 0.1) is 19.7 Å². The first-order valence-electron chi connectivity index (χ1n) is 11.8. The van der Waals surface area contributed by atoms with Crippen LogP contribution < -0.4 is 5.32 Å². The van der Waals surface area contributed by atoms with Crippen molar-refractivity contribution in [2.45, 2.75) is 46.2 Å². The molecule has 37 heavy (non-hydrogen) atoms. The number of hydrogen-bond donors (Lipinski definition) is 2. The Kier molecular flexibility index (Phi) is 10.4. The van der Waals surface area contributed by atoms with Crippen molar-refractivity contribution in [3.8, 4) is 16.9 Å². The van der Waals surface area contributed by atoms with Crippen LogP contribution in [0.3, 0.4) is 0 Å². The van der Waals surface area contributed by atoms with Crippen LogP contribution in [0.1, 0.15) is 43.0 Å². The summed E-state index contributed by atoms with van der Waals surface area (Å²) in [4.78, 5) is 39.2. The Bertz CT molecular complexity index is 1200. The minimum atomic E-state index is -1.13. The number of aromatic hydroxyl groups is 1. The Hall–Kier alpha value is -4.20. The molecule has 8 heteroatoms. The van der Waals surface area contributed by atoms with E-state index in [9.17, 15) is 19.5 Å². The maximum atomic E-state index is 15.5. The lowest BCUT2D eigenvalue weighted by atomic mass is 9.92. The summed E-state index contributed by atoms with van der Waals surface area (Å²) in [6.45, 7) is 13.8. The Labute approximate surface area is 216 Å². The zero-order chi connectivity index (χ0) is 27.7. The van der Waals surface area contributed by atoms with Gasteiger partial charge in [0.1, 0.15) is 17.6 Å². The van der Waals surface area contributed by atoms with Crippen molar-refractivity contribution in [1.29, 1.82) is 0 Å². The van der Waals surface area contributed by atoms with E-state index >= 15 is 4.39 Å². The van der Waals surface area contributed by atoms with Crippen LogP contribution in [-0.4, -0.2) is 40.4 Å². The first-order valence-corrected chi connectivity index (χ1v) is 11.8. The molecule has 0 saturated heterocycles. The van der Waals surface area contributed by atoms with Gasteiger partial charge in [-0.1, -0.05) is 37.4 Å². The van der Waals surface area contributed by atoms with Crippen molar-refractivity contribution in [3.63, 3.8) is 0 Å². The first kappa shape index (κ1) is 29.0. The largest absolute Gasteiger partial charge is 0.507 e. The number of benzene rings is 2. The minimum Gasteiger partial charge on any atom is -0.507 e. The maximum Gasteiger partial charge on any atom is 0.308 e. The molecule has 0 aromatic heterocycles. The van der Waals surface area contributed by atoms with Gasteiger partial charge in [0.25, 0.3) is 5.91 Å². The lowest BCUT2D eigenvalue weighted by Crippen LogP contribution is -2.47. The van der Waals surface area contributed by atoms with E-state index in [0.29, 0.717) is 11.1 Å². The molecule has 0 spiro atoms. The molecule has 0 fully saturated rings. The Morgan fingerprint density at radius 1 is 1.19 bits per heavy atom. The van der Waals surface area contributed by atoms with Gasteiger partial charge in [0, 0.05) is 17.3 Å². The van der Waals surface area contributed by atoms with Crippen LogP contribution in [-0.2, 0) is 19.1 Å². The van der Waals surface area contributed by atoms with Gasteiger partial charge in [-0.3, -0.25) is 14.4 Å². The molecule has 7 nitrogen and oxygen atoms in total. The molecule has 0 aliphatic heterocycles. The van der Waals surface area contributed by atoms with Crippen molar-refractivity contribution >= 4 is 17.8 Å². The number of carbonyl (C=O) groups excluding carboxylic acids is 3. The lowest BCUT2D eigenvalue weighted by Gasteiger charge is -2.28. The van der Waals surface area contributed by atoms with Gasteiger partial charge < -0.3 is 20.1 Å². The number of halogens is 1. The van der Waals surface area contributed by atoms with Crippen LogP contribution in [0.4, 0.5) is 4.39 Å². The third kappa shape index (κ3) is 6.94. The number of rotatable bonds is 11. The molecule has 0 bridgehead atoms. The number of ether oxygens (including phenoxy) is 1. The molecule has 196 valence electrons. The molecule has 2 amide bonds. The number of phenolic OH excluding ortho intramolecular Hbond substituents is 1. The molecule has 0 saturated carbocycles. The summed E-state index contributed by atoms with van der Waals surface area (Å²) in [6, 6.07) is 5.88. The van der Waals surface area contributed by atoms with Crippen molar-refractivity contribution in [3.05, 3.63) is 90.4 Å². The summed E-state index contributed by atoms with van der Waals surface area (Å²) < 4.78 is 20.6. The molecule has 2 atom stereocenters. The summed E-state index contributed by atoms with van der Waals surface area (Å²) in [5, 5.41) is 13.2. The number of amides is 2.